The van der Waals surface area contributed by atoms with Gasteiger partial charge in [-0.05, 0) is 38.1 Å². The maximum atomic E-state index is 4.73. The summed E-state index contributed by atoms with van der Waals surface area (Å²) in [7, 11) is 2.16. The average Bonchev–Trinajstić information content (AvgIpc) is 2.97. The van der Waals surface area contributed by atoms with E-state index in [0.717, 1.165) is 50.3 Å². The molecule has 1 aliphatic rings. The number of thiol groups is 4. The molecule has 0 spiro atoms. The Hall–Kier alpha value is 0.120. The summed E-state index contributed by atoms with van der Waals surface area (Å²) in [5, 5.41) is 2.10. The van der Waals surface area contributed by atoms with E-state index in [1.165, 1.54) is 10.9 Å². The van der Waals surface area contributed by atoms with Crippen molar-refractivity contribution in [2.45, 2.75) is 39.0 Å². The number of aromatic nitrogens is 1. The molecule has 0 radical (unpaired) electrons. The van der Waals surface area contributed by atoms with E-state index in [4.69, 9.17) is 12.6 Å². The van der Waals surface area contributed by atoms with Crippen molar-refractivity contribution in [3.63, 3.8) is 0 Å². The molecule has 0 aliphatic carbocycles. The monoisotopic (exact) mass is 342 g/mol. The maximum Gasteiger partial charge on any atom is 0.0738 e. The molecule has 1 atom stereocenters. The fraction of sp³-hybridized carbons (Fsp3) is 0.429. The SMILES string of the molecule is Cc1c(S)c(S)c2[nH]c(S)c(C3CCN(C)C3)c2c1S. The maximum absolute atomic E-state index is 4.73. The van der Waals surface area contributed by atoms with Gasteiger partial charge in [0.05, 0.1) is 10.5 Å². The molecule has 1 fully saturated rings. The van der Waals surface area contributed by atoms with Gasteiger partial charge in [0.1, 0.15) is 0 Å². The number of aromatic amines is 1. The van der Waals surface area contributed by atoms with E-state index in [1.807, 2.05) is 6.92 Å². The van der Waals surface area contributed by atoms with Crippen LogP contribution in [-0.4, -0.2) is 30.0 Å². The smallest absolute Gasteiger partial charge is 0.0738 e. The average molecular weight is 343 g/mol. The first-order valence-corrected chi connectivity index (χ1v) is 8.37. The zero-order valence-corrected chi connectivity index (χ0v) is 15.0. The highest BCUT2D eigenvalue weighted by Gasteiger charge is 2.28. The minimum atomic E-state index is 0.505. The molecule has 2 aromatic rings. The van der Waals surface area contributed by atoms with E-state index >= 15 is 0 Å². The van der Waals surface area contributed by atoms with E-state index < -0.39 is 0 Å². The Morgan fingerprint density at radius 1 is 1.10 bits per heavy atom. The Labute approximate surface area is 141 Å². The van der Waals surface area contributed by atoms with Crippen molar-refractivity contribution in [2.24, 2.45) is 0 Å². The van der Waals surface area contributed by atoms with Crippen LogP contribution in [0, 0.1) is 6.92 Å². The second kappa shape index (κ2) is 5.39. The number of H-pyrrole nitrogens is 1. The molecule has 2 heterocycles. The quantitative estimate of drug-likeness (QED) is 0.495. The Morgan fingerprint density at radius 3 is 2.40 bits per heavy atom. The molecule has 0 saturated carbocycles. The van der Waals surface area contributed by atoms with Crippen molar-refractivity contribution < 1.29 is 0 Å². The van der Waals surface area contributed by atoms with Crippen LogP contribution in [0.15, 0.2) is 19.7 Å². The van der Waals surface area contributed by atoms with Gasteiger partial charge in [0, 0.05) is 32.5 Å². The molecule has 1 saturated heterocycles. The number of likely N-dealkylation sites (N-methyl/N-ethyl adjacent to an activating group) is 1. The van der Waals surface area contributed by atoms with Crippen LogP contribution in [0.25, 0.3) is 10.9 Å². The van der Waals surface area contributed by atoms with Gasteiger partial charge in [-0.1, -0.05) is 0 Å². The number of nitrogens with zero attached hydrogens (tertiary/aromatic N) is 1. The van der Waals surface area contributed by atoms with Gasteiger partial charge in [-0.3, -0.25) is 0 Å². The van der Waals surface area contributed by atoms with E-state index in [-0.39, 0.29) is 0 Å². The summed E-state index contributed by atoms with van der Waals surface area (Å²) in [5.41, 5.74) is 3.36. The number of hydrogen-bond acceptors (Lipinski definition) is 5. The predicted octanol–water partition coefficient (Wildman–Crippen LogP) is 4.05. The van der Waals surface area contributed by atoms with Crippen LogP contribution in [0.2, 0.25) is 0 Å². The number of rotatable bonds is 1. The normalized spacial score (nSPS) is 20.2. The predicted molar refractivity (Wildman–Crippen MR) is 96.9 cm³/mol. The van der Waals surface area contributed by atoms with Gasteiger partial charge < -0.3 is 9.88 Å². The Morgan fingerprint density at radius 2 is 1.80 bits per heavy atom. The zero-order valence-electron chi connectivity index (χ0n) is 11.4. The van der Waals surface area contributed by atoms with Crippen molar-refractivity contribution in [3.05, 3.63) is 11.1 Å². The first kappa shape index (κ1) is 15.0. The van der Waals surface area contributed by atoms with Crippen LogP contribution >= 0.6 is 50.5 Å². The van der Waals surface area contributed by atoms with Crippen LogP contribution in [0.4, 0.5) is 0 Å². The number of benzene rings is 1. The number of hydrogen-bond donors (Lipinski definition) is 5. The second-order valence-electron chi connectivity index (χ2n) is 5.56. The lowest BCUT2D eigenvalue weighted by Crippen LogP contribution is -2.13. The van der Waals surface area contributed by atoms with E-state index in [2.05, 4.69) is 54.8 Å². The topological polar surface area (TPSA) is 19.0 Å². The minimum absolute atomic E-state index is 0.505. The summed E-state index contributed by atoms with van der Waals surface area (Å²) in [6.45, 7) is 4.24. The lowest BCUT2D eigenvalue weighted by molar-refractivity contribution is 0.411. The molecule has 1 aromatic carbocycles. The van der Waals surface area contributed by atoms with Gasteiger partial charge in [0.15, 0.2) is 0 Å². The first-order chi connectivity index (χ1) is 9.41. The van der Waals surface area contributed by atoms with Crippen molar-refractivity contribution in [1.82, 2.24) is 9.88 Å². The zero-order chi connectivity index (χ0) is 14.6. The highest BCUT2D eigenvalue weighted by atomic mass is 32.1. The van der Waals surface area contributed by atoms with Gasteiger partial charge in [0.25, 0.3) is 0 Å². The van der Waals surface area contributed by atoms with E-state index in [0.29, 0.717) is 5.92 Å². The van der Waals surface area contributed by atoms with Crippen LogP contribution < -0.4 is 0 Å². The summed E-state index contributed by atoms with van der Waals surface area (Å²) < 4.78 is 0. The van der Waals surface area contributed by atoms with Crippen LogP contribution in [0.3, 0.4) is 0 Å². The standard InChI is InChI=1S/C14H18N2S4/c1-6-11(17)9-8(7-3-4-16(2)5-7)14(20)15-10(9)13(19)12(6)18/h7,15,17-20H,3-5H2,1-2H3. The second-order valence-corrected chi connectivity index (χ2v) is 7.34. The van der Waals surface area contributed by atoms with Gasteiger partial charge in [-0.25, -0.2) is 0 Å². The van der Waals surface area contributed by atoms with Crippen molar-refractivity contribution in [2.75, 3.05) is 20.1 Å². The van der Waals surface area contributed by atoms with Gasteiger partial charge in [-0.15, -0.1) is 50.5 Å². The molecule has 108 valence electrons. The summed E-state index contributed by atoms with van der Waals surface area (Å²) in [5.74, 6) is 0.505. The molecular formula is C14H18N2S4. The third-order valence-corrected chi connectivity index (χ3v) is 6.32. The van der Waals surface area contributed by atoms with E-state index in [1.54, 1.807) is 0 Å². The summed E-state index contributed by atoms with van der Waals surface area (Å²) in [6.07, 6.45) is 1.16. The van der Waals surface area contributed by atoms with Gasteiger partial charge in [0.2, 0.25) is 0 Å². The molecule has 1 unspecified atom stereocenters. The fourth-order valence-electron chi connectivity index (χ4n) is 3.09. The minimum Gasteiger partial charge on any atom is -0.349 e. The van der Waals surface area contributed by atoms with Crippen molar-refractivity contribution in [1.29, 1.82) is 0 Å². The Bertz CT molecular complexity index is 693. The Balaban J connectivity index is 2.30. The number of fused-ring (bicyclic) bond motifs is 1. The van der Waals surface area contributed by atoms with E-state index in [9.17, 15) is 0 Å². The molecule has 0 bridgehead atoms. The molecule has 1 aliphatic heterocycles. The fourth-order valence-corrected chi connectivity index (χ4v) is 4.49. The van der Waals surface area contributed by atoms with Crippen LogP contribution in [0.5, 0.6) is 0 Å². The van der Waals surface area contributed by atoms with Gasteiger partial charge >= 0.3 is 0 Å². The molecular weight excluding hydrogens is 324 g/mol. The highest BCUT2D eigenvalue weighted by molar-refractivity contribution is 7.84. The number of likely N-dealkylation sites (tertiary alicyclic amines) is 1. The lowest BCUT2D eigenvalue weighted by atomic mass is 9.97. The summed E-state index contributed by atoms with van der Waals surface area (Å²) in [4.78, 5) is 8.48. The Kier molecular flexibility index (Phi) is 4.05. The lowest BCUT2D eigenvalue weighted by Gasteiger charge is -2.14. The largest absolute Gasteiger partial charge is 0.349 e. The number of nitrogens with one attached hydrogen (secondary N) is 1. The summed E-state index contributed by atoms with van der Waals surface area (Å²) in [6, 6.07) is 0. The molecule has 1 aromatic heterocycles. The molecule has 1 N–H and O–H groups in total. The summed E-state index contributed by atoms with van der Waals surface area (Å²) >= 11 is 18.5. The van der Waals surface area contributed by atoms with Crippen molar-refractivity contribution in [3.8, 4) is 0 Å². The third kappa shape index (κ3) is 2.20. The molecule has 3 rings (SSSR count). The highest BCUT2D eigenvalue weighted by Crippen LogP contribution is 2.44. The molecule has 0 amide bonds. The molecule has 6 heteroatoms. The van der Waals surface area contributed by atoms with Crippen molar-refractivity contribution >= 4 is 61.4 Å². The van der Waals surface area contributed by atoms with Crippen LogP contribution in [0.1, 0.15) is 23.5 Å². The van der Waals surface area contributed by atoms with Crippen LogP contribution in [-0.2, 0) is 0 Å². The van der Waals surface area contributed by atoms with Gasteiger partial charge in [-0.2, -0.15) is 0 Å². The third-order valence-electron chi connectivity index (χ3n) is 4.23. The first-order valence-electron chi connectivity index (χ1n) is 6.58. The molecule has 20 heavy (non-hydrogen) atoms. The molecule has 2 nitrogen and oxygen atoms in total.